The largest absolute Gasteiger partial charge is 0.435 e. The molecule has 6 nitrogen and oxygen atoms in total. The van der Waals surface area contributed by atoms with Crippen molar-refractivity contribution in [1.29, 1.82) is 0 Å². The Balaban J connectivity index is 1.89. The SMILES string of the molecule is Cc1noc(C(C)C)c1C(=O)Nc1ccc(-c2cc(C(F)(F)F)nn2C)c(F)c1. The molecule has 0 aliphatic heterocycles. The lowest BCUT2D eigenvalue weighted by Crippen LogP contribution is -2.15. The molecule has 0 atom stereocenters. The molecule has 0 fully saturated rings. The summed E-state index contributed by atoms with van der Waals surface area (Å²) in [6, 6.07) is 4.48. The van der Waals surface area contributed by atoms with E-state index in [1.54, 1.807) is 6.92 Å². The lowest BCUT2D eigenvalue weighted by molar-refractivity contribution is -0.141. The van der Waals surface area contributed by atoms with Crippen molar-refractivity contribution in [3.05, 3.63) is 52.8 Å². The number of amides is 1. The summed E-state index contributed by atoms with van der Waals surface area (Å²) in [5.41, 5.74) is -0.410. The van der Waals surface area contributed by atoms with E-state index in [9.17, 15) is 22.4 Å². The van der Waals surface area contributed by atoms with Gasteiger partial charge in [0.25, 0.3) is 5.91 Å². The molecule has 0 aliphatic carbocycles. The number of benzene rings is 1. The van der Waals surface area contributed by atoms with Crippen LogP contribution in [0.1, 0.15) is 47.3 Å². The van der Waals surface area contributed by atoms with Crippen LogP contribution in [0.3, 0.4) is 0 Å². The first-order valence-corrected chi connectivity index (χ1v) is 8.67. The molecule has 2 heterocycles. The molecule has 0 aliphatic rings. The Kier molecular flexibility index (Phi) is 5.20. The summed E-state index contributed by atoms with van der Waals surface area (Å²) in [7, 11) is 1.29. The molecule has 0 radical (unpaired) electrons. The highest BCUT2D eigenvalue weighted by Crippen LogP contribution is 2.33. The number of anilines is 1. The molecule has 0 saturated carbocycles. The zero-order chi connectivity index (χ0) is 21.5. The summed E-state index contributed by atoms with van der Waals surface area (Å²) in [5.74, 6) is -0.986. The fourth-order valence-corrected chi connectivity index (χ4v) is 2.91. The number of carbonyl (C=O) groups is 1. The number of aryl methyl sites for hydroxylation is 2. The standard InChI is InChI=1S/C19H18F4N4O2/c1-9(2)17-16(10(3)26-29-17)18(28)24-11-5-6-12(13(20)7-11)14-8-15(19(21,22)23)25-27(14)4/h5-9H,1-4H3,(H,24,28). The van der Waals surface area contributed by atoms with E-state index in [2.05, 4.69) is 15.6 Å². The number of rotatable bonds is 4. The van der Waals surface area contributed by atoms with E-state index in [0.717, 1.165) is 16.8 Å². The van der Waals surface area contributed by atoms with Crippen molar-refractivity contribution in [3.63, 3.8) is 0 Å². The third kappa shape index (κ3) is 4.01. The van der Waals surface area contributed by atoms with Crippen molar-refractivity contribution >= 4 is 11.6 Å². The summed E-state index contributed by atoms with van der Waals surface area (Å²) < 4.78 is 59.2. The van der Waals surface area contributed by atoms with Gasteiger partial charge >= 0.3 is 6.18 Å². The van der Waals surface area contributed by atoms with Crippen molar-refractivity contribution in [2.75, 3.05) is 5.32 Å². The van der Waals surface area contributed by atoms with Crippen LogP contribution in [0.5, 0.6) is 0 Å². The van der Waals surface area contributed by atoms with Gasteiger partial charge in [0.1, 0.15) is 11.4 Å². The molecule has 10 heteroatoms. The van der Waals surface area contributed by atoms with Gasteiger partial charge in [0.2, 0.25) is 0 Å². The third-order valence-electron chi connectivity index (χ3n) is 4.31. The van der Waals surface area contributed by atoms with Crippen molar-refractivity contribution in [3.8, 4) is 11.3 Å². The Morgan fingerprint density at radius 1 is 1.24 bits per heavy atom. The summed E-state index contributed by atoms with van der Waals surface area (Å²) in [6.07, 6.45) is -4.63. The van der Waals surface area contributed by atoms with E-state index >= 15 is 0 Å². The first-order chi connectivity index (χ1) is 13.5. The summed E-state index contributed by atoms with van der Waals surface area (Å²) >= 11 is 0. The number of hydrogen-bond acceptors (Lipinski definition) is 4. The van der Waals surface area contributed by atoms with Crippen LogP contribution in [0.4, 0.5) is 23.2 Å². The second kappa shape index (κ2) is 7.34. The van der Waals surface area contributed by atoms with E-state index < -0.39 is 23.6 Å². The maximum absolute atomic E-state index is 14.6. The minimum Gasteiger partial charge on any atom is -0.360 e. The molecule has 0 spiro atoms. The normalized spacial score (nSPS) is 11.9. The summed E-state index contributed by atoms with van der Waals surface area (Å²) in [6.45, 7) is 5.30. The van der Waals surface area contributed by atoms with Gasteiger partial charge in [-0.3, -0.25) is 9.48 Å². The summed E-state index contributed by atoms with van der Waals surface area (Å²) in [5, 5.41) is 9.73. The summed E-state index contributed by atoms with van der Waals surface area (Å²) in [4.78, 5) is 12.6. The van der Waals surface area contributed by atoms with Crippen molar-refractivity contribution in [2.45, 2.75) is 32.9 Å². The maximum atomic E-state index is 14.6. The van der Waals surface area contributed by atoms with Crippen LogP contribution in [-0.4, -0.2) is 20.8 Å². The third-order valence-corrected chi connectivity index (χ3v) is 4.31. The van der Waals surface area contributed by atoms with Crippen LogP contribution in [0.2, 0.25) is 0 Å². The Labute approximate surface area is 163 Å². The van der Waals surface area contributed by atoms with Crippen LogP contribution in [0, 0.1) is 12.7 Å². The number of hydrogen-bond donors (Lipinski definition) is 1. The lowest BCUT2D eigenvalue weighted by atomic mass is 10.0. The average Bonchev–Trinajstić information content (AvgIpc) is 3.18. The lowest BCUT2D eigenvalue weighted by Gasteiger charge is -2.09. The fourth-order valence-electron chi connectivity index (χ4n) is 2.91. The average molecular weight is 410 g/mol. The number of nitrogens with zero attached hydrogens (tertiary/aromatic N) is 3. The number of halogens is 4. The maximum Gasteiger partial charge on any atom is 0.435 e. The van der Waals surface area contributed by atoms with Gasteiger partial charge in [-0.25, -0.2) is 4.39 Å². The molecule has 0 bridgehead atoms. The molecular weight excluding hydrogens is 392 g/mol. The van der Waals surface area contributed by atoms with E-state index in [-0.39, 0.29) is 28.4 Å². The predicted octanol–water partition coefficient (Wildman–Crippen LogP) is 4.92. The first-order valence-electron chi connectivity index (χ1n) is 8.67. The van der Waals surface area contributed by atoms with E-state index in [0.29, 0.717) is 11.5 Å². The minimum absolute atomic E-state index is 0.0373. The Hall–Kier alpha value is -3.17. The first kappa shape index (κ1) is 20.6. The zero-order valence-electron chi connectivity index (χ0n) is 16.1. The highest BCUT2D eigenvalue weighted by Gasteiger charge is 2.35. The van der Waals surface area contributed by atoms with E-state index in [1.807, 2.05) is 13.8 Å². The zero-order valence-corrected chi connectivity index (χ0v) is 16.1. The molecule has 3 rings (SSSR count). The van der Waals surface area contributed by atoms with Gasteiger partial charge in [-0.05, 0) is 31.2 Å². The number of carbonyl (C=O) groups excluding carboxylic acids is 1. The van der Waals surface area contributed by atoms with E-state index in [1.165, 1.54) is 19.2 Å². The van der Waals surface area contributed by atoms with Crippen LogP contribution in [0.25, 0.3) is 11.3 Å². The number of aromatic nitrogens is 3. The van der Waals surface area contributed by atoms with Gasteiger partial charge in [0.15, 0.2) is 11.5 Å². The van der Waals surface area contributed by atoms with Gasteiger partial charge in [-0.15, -0.1) is 0 Å². The van der Waals surface area contributed by atoms with Crippen LogP contribution >= 0.6 is 0 Å². The second-order valence-electron chi connectivity index (χ2n) is 6.85. The van der Waals surface area contributed by atoms with Crippen molar-refractivity contribution in [2.24, 2.45) is 7.05 Å². The molecule has 3 aromatic rings. The highest BCUT2D eigenvalue weighted by molar-refractivity contribution is 6.05. The van der Waals surface area contributed by atoms with Crippen LogP contribution in [-0.2, 0) is 13.2 Å². The number of nitrogens with one attached hydrogen (secondary N) is 1. The molecule has 1 aromatic carbocycles. The molecule has 2 aromatic heterocycles. The van der Waals surface area contributed by atoms with Gasteiger partial charge in [0.05, 0.1) is 11.4 Å². The quantitative estimate of drug-likeness (QED) is 0.620. The highest BCUT2D eigenvalue weighted by atomic mass is 19.4. The predicted molar refractivity (Wildman–Crippen MR) is 96.9 cm³/mol. The van der Waals surface area contributed by atoms with Crippen molar-refractivity contribution < 1.29 is 26.9 Å². The molecule has 0 saturated heterocycles. The molecule has 0 unspecified atom stereocenters. The minimum atomic E-state index is -4.63. The Morgan fingerprint density at radius 2 is 1.93 bits per heavy atom. The topological polar surface area (TPSA) is 73.0 Å². The van der Waals surface area contributed by atoms with Gasteiger partial charge in [-0.2, -0.15) is 18.3 Å². The molecular formula is C19H18F4N4O2. The molecule has 29 heavy (non-hydrogen) atoms. The van der Waals surface area contributed by atoms with Crippen LogP contribution < -0.4 is 5.32 Å². The molecule has 1 N–H and O–H groups in total. The van der Waals surface area contributed by atoms with Crippen molar-refractivity contribution in [1.82, 2.24) is 14.9 Å². The van der Waals surface area contributed by atoms with Gasteiger partial charge < -0.3 is 9.84 Å². The van der Waals surface area contributed by atoms with Gasteiger partial charge in [-0.1, -0.05) is 19.0 Å². The van der Waals surface area contributed by atoms with E-state index in [4.69, 9.17) is 4.52 Å². The monoisotopic (exact) mass is 410 g/mol. The smallest absolute Gasteiger partial charge is 0.360 e. The second-order valence-corrected chi connectivity index (χ2v) is 6.85. The van der Waals surface area contributed by atoms with Crippen LogP contribution in [0.15, 0.2) is 28.8 Å². The molecule has 1 amide bonds. The molecule has 154 valence electrons. The van der Waals surface area contributed by atoms with Gasteiger partial charge in [0, 0.05) is 24.2 Å². The fraction of sp³-hybridized carbons (Fsp3) is 0.316. The Morgan fingerprint density at radius 3 is 2.48 bits per heavy atom. The Bertz CT molecular complexity index is 1070. The number of alkyl halides is 3.